The fourth-order valence-electron chi connectivity index (χ4n) is 1.89. The molecule has 0 aliphatic carbocycles. The lowest BCUT2D eigenvalue weighted by Gasteiger charge is -2.28. The fourth-order valence-corrected chi connectivity index (χ4v) is 12.6. The van der Waals surface area contributed by atoms with Crippen LogP contribution in [-0.2, 0) is 13.6 Å². The van der Waals surface area contributed by atoms with E-state index in [-0.39, 0.29) is 0 Å². The minimum atomic E-state index is -2.77. The van der Waals surface area contributed by atoms with Gasteiger partial charge in [0.25, 0.3) is 0 Å². The molecule has 158 valence electrons. The highest BCUT2D eigenvalue weighted by molar-refractivity contribution is 7.34. The first-order valence-electron chi connectivity index (χ1n) is 9.46. The second kappa shape index (κ2) is 10.3. The molecule has 0 spiro atoms. The second-order valence-electron chi connectivity index (χ2n) is 9.37. The van der Waals surface area contributed by atoms with E-state index in [1.807, 2.05) is 22.8 Å². The lowest BCUT2D eigenvalue weighted by Crippen LogP contribution is -2.32. The van der Waals surface area contributed by atoms with Crippen LogP contribution in [0.25, 0.3) is 0 Å². The molecule has 8 heteroatoms. The third-order valence-corrected chi connectivity index (χ3v) is 15.7. The van der Waals surface area contributed by atoms with E-state index in [1.165, 1.54) is 0 Å². The van der Waals surface area contributed by atoms with Gasteiger partial charge in [0.15, 0.2) is 0 Å². The van der Waals surface area contributed by atoms with Crippen LogP contribution in [0, 0.1) is 0 Å². The Hall–Kier alpha value is -0.862. The van der Waals surface area contributed by atoms with E-state index in [0.717, 1.165) is 10.8 Å². The molecule has 0 atom stereocenters. The van der Waals surface area contributed by atoms with Crippen LogP contribution in [0.3, 0.4) is 0 Å². The Labute approximate surface area is 177 Å². The first-order chi connectivity index (χ1) is 12.6. The topological polar surface area (TPSA) is 35.5 Å². The van der Waals surface area contributed by atoms with Crippen molar-refractivity contribution in [2.24, 2.45) is 0 Å². The van der Waals surface area contributed by atoms with Crippen molar-refractivity contribution in [2.45, 2.75) is 52.4 Å². The van der Waals surface area contributed by atoms with Gasteiger partial charge in [-0.05, 0) is 0 Å². The van der Waals surface area contributed by atoms with E-state index in [9.17, 15) is 4.57 Å². The lowest BCUT2D eigenvalue weighted by molar-refractivity contribution is 0.338. The van der Waals surface area contributed by atoms with E-state index in [0.29, 0.717) is 0 Å². The highest BCUT2D eigenvalue weighted by Crippen LogP contribution is 2.38. The Morgan fingerprint density at radius 3 is 1.14 bits per heavy atom. The molecule has 0 radical (unpaired) electrons. The summed E-state index contributed by atoms with van der Waals surface area (Å²) in [4.78, 5) is 0. The summed E-state index contributed by atoms with van der Waals surface area (Å²) in [6.45, 7) is 33.0. The summed E-state index contributed by atoms with van der Waals surface area (Å²) >= 11 is 0. The summed E-state index contributed by atoms with van der Waals surface area (Å²) in [5.41, 5.74) is 12.1. The summed E-state index contributed by atoms with van der Waals surface area (Å²) in [6, 6.07) is 0. The molecule has 0 saturated carbocycles. The van der Waals surface area contributed by atoms with Gasteiger partial charge in [0.2, 0.25) is 0 Å². The Kier molecular flexibility index (Phi) is 9.94. The maximum atomic E-state index is 13.0. The zero-order chi connectivity index (χ0) is 22.4. The van der Waals surface area contributed by atoms with E-state index >= 15 is 0 Å². The third-order valence-electron chi connectivity index (χ3n) is 4.74. The van der Waals surface area contributed by atoms with Gasteiger partial charge in [0.05, 0.1) is 26.9 Å². The van der Waals surface area contributed by atoms with Gasteiger partial charge in [-0.1, -0.05) is 86.6 Å². The lowest BCUT2D eigenvalue weighted by atomic mass is 11.1. The van der Waals surface area contributed by atoms with Gasteiger partial charge in [-0.2, -0.15) is 0 Å². The van der Waals surface area contributed by atoms with Crippen molar-refractivity contribution in [2.75, 3.05) is 0 Å². The number of hydrogen-bond acceptors (Lipinski definition) is 3. The van der Waals surface area contributed by atoms with Crippen LogP contribution in [0.4, 0.5) is 0 Å². The normalized spacial score (nSPS) is 15.4. The SMILES string of the molecule is C=C[Si](C)(C)C=C(O[PH](=O)OC(=C[Si](C)(C)C=C)[Si](C)(C)C=C)[Si](C)(C)C=C. The molecule has 0 aromatic heterocycles. The summed E-state index contributed by atoms with van der Waals surface area (Å²) in [5, 5.41) is 1.53. The number of rotatable bonds is 12. The van der Waals surface area contributed by atoms with Crippen molar-refractivity contribution in [1.82, 2.24) is 0 Å². The quantitative estimate of drug-likeness (QED) is 0.174. The zero-order valence-corrected chi connectivity index (χ0v) is 24.0. The molecule has 0 aromatic rings. The van der Waals surface area contributed by atoms with Crippen molar-refractivity contribution in [1.29, 1.82) is 0 Å². The van der Waals surface area contributed by atoms with Crippen LogP contribution < -0.4 is 0 Å². The molecular weight excluding hydrogens is 432 g/mol. The van der Waals surface area contributed by atoms with Gasteiger partial charge in [-0.25, -0.2) is 4.57 Å². The first kappa shape index (κ1) is 27.1. The highest BCUT2D eigenvalue weighted by Gasteiger charge is 2.32. The van der Waals surface area contributed by atoms with Gasteiger partial charge in [0, 0.05) is 0 Å². The smallest absolute Gasteiger partial charge is 0.417 e. The van der Waals surface area contributed by atoms with Crippen LogP contribution in [0.15, 0.2) is 71.3 Å². The molecule has 0 N–H and O–H groups in total. The molecule has 0 heterocycles. The Bertz CT molecular complexity index is 646. The standard InChI is InChI=1S/C20H39O3PSi4/c1-13-25(5,6)17-19(27(9,10)15-3)22-24(21)23-20(28(11,12)16-4)18-26(7,8)14-2/h13-18,24H,1-4H2,5-12H3. The molecule has 0 amide bonds. The van der Waals surface area contributed by atoms with Crippen LogP contribution >= 0.6 is 8.25 Å². The van der Waals surface area contributed by atoms with Crippen LogP contribution in [0.1, 0.15) is 0 Å². The summed E-state index contributed by atoms with van der Waals surface area (Å²) < 4.78 is 24.9. The molecular formula is C20H39O3PSi4. The summed E-state index contributed by atoms with van der Waals surface area (Å²) in [6.07, 6.45) is 0. The summed E-state index contributed by atoms with van der Waals surface area (Å²) in [5.74, 6) is 0. The molecule has 3 nitrogen and oxygen atoms in total. The monoisotopic (exact) mass is 470 g/mol. The van der Waals surface area contributed by atoms with Gasteiger partial charge in [-0.3, -0.25) is 0 Å². The molecule has 0 rings (SSSR count). The van der Waals surface area contributed by atoms with Crippen molar-refractivity contribution in [3.05, 3.63) is 71.3 Å². The highest BCUT2D eigenvalue weighted by atomic mass is 31.1. The van der Waals surface area contributed by atoms with Crippen molar-refractivity contribution in [3.63, 3.8) is 0 Å². The van der Waals surface area contributed by atoms with E-state index < -0.39 is 40.6 Å². The fraction of sp³-hybridized carbons (Fsp3) is 0.400. The van der Waals surface area contributed by atoms with Crippen molar-refractivity contribution < 1.29 is 13.6 Å². The van der Waals surface area contributed by atoms with E-state index in [4.69, 9.17) is 9.05 Å². The largest absolute Gasteiger partial charge is 0.428 e. The van der Waals surface area contributed by atoms with Gasteiger partial charge in [0.1, 0.15) is 16.1 Å². The molecule has 0 unspecified atom stereocenters. The maximum absolute atomic E-state index is 13.0. The van der Waals surface area contributed by atoms with Gasteiger partial charge in [-0.15, -0.1) is 26.3 Å². The Morgan fingerprint density at radius 2 is 0.929 bits per heavy atom. The molecule has 0 aliphatic heterocycles. The predicted octanol–water partition coefficient (Wildman–Crippen LogP) is 7.07. The van der Waals surface area contributed by atoms with Crippen LogP contribution in [0.2, 0.25) is 52.4 Å². The van der Waals surface area contributed by atoms with Crippen molar-refractivity contribution in [3.8, 4) is 0 Å². The maximum Gasteiger partial charge on any atom is 0.417 e. The average molecular weight is 471 g/mol. The number of hydrogen-bond donors (Lipinski definition) is 0. The zero-order valence-electron chi connectivity index (χ0n) is 19.0. The molecule has 28 heavy (non-hydrogen) atoms. The second-order valence-corrected chi connectivity index (χ2v) is 27.7. The van der Waals surface area contributed by atoms with E-state index in [2.05, 4.69) is 90.1 Å². The molecule has 0 bridgehead atoms. The van der Waals surface area contributed by atoms with Crippen LogP contribution in [-0.4, -0.2) is 32.3 Å². The Morgan fingerprint density at radius 1 is 0.643 bits per heavy atom. The molecule has 0 fully saturated rings. The molecule has 0 aromatic carbocycles. The predicted molar refractivity (Wildman–Crippen MR) is 138 cm³/mol. The van der Waals surface area contributed by atoms with Crippen molar-refractivity contribution >= 4 is 40.6 Å². The molecule has 0 saturated heterocycles. The van der Waals surface area contributed by atoms with Crippen LogP contribution in [0.5, 0.6) is 0 Å². The average Bonchev–Trinajstić information content (AvgIpc) is 2.60. The van der Waals surface area contributed by atoms with Gasteiger partial charge < -0.3 is 9.05 Å². The molecule has 0 aliphatic rings. The summed E-state index contributed by atoms with van der Waals surface area (Å²) in [7, 11) is -10.5. The first-order valence-corrected chi connectivity index (χ1v) is 23.2. The van der Waals surface area contributed by atoms with Gasteiger partial charge >= 0.3 is 8.25 Å². The minimum Gasteiger partial charge on any atom is -0.428 e. The minimum absolute atomic E-state index is 0.764. The third kappa shape index (κ3) is 8.65. The Balaban J connectivity index is 5.97. The van der Waals surface area contributed by atoms with E-state index in [1.54, 1.807) is 0 Å².